The summed E-state index contributed by atoms with van der Waals surface area (Å²) in [6, 6.07) is 11.4. The van der Waals surface area contributed by atoms with Gasteiger partial charge in [0.15, 0.2) is 6.29 Å². The highest BCUT2D eigenvalue weighted by molar-refractivity contribution is 6.31. The zero-order valence-electron chi connectivity index (χ0n) is 18.4. The number of hydrogen-bond acceptors (Lipinski definition) is 6. The van der Waals surface area contributed by atoms with Gasteiger partial charge in [0.1, 0.15) is 11.6 Å². The summed E-state index contributed by atoms with van der Waals surface area (Å²) in [6.07, 6.45) is 6.05. The summed E-state index contributed by atoms with van der Waals surface area (Å²) in [5.74, 6) is 1.59. The summed E-state index contributed by atoms with van der Waals surface area (Å²) >= 11 is 6.40. The van der Waals surface area contributed by atoms with Crippen LogP contribution in [0.1, 0.15) is 49.8 Å². The normalized spacial score (nSPS) is 24.1. The Kier molecular flexibility index (Phi) is 6.26. The quantitative estimate of drug-likeness (QED) is 0.648. The highest BCUT2D eigenvalue weighted by atomic mass is 35.5. The Morgan fingerprint density at radius 2 is 2.06 bits per heavy atom. The third-order valence-electron chi connectivity index (χ3n) is 6.77. The van der Waals surface area contributed by atoms with Crippen molar-refractivity contribution in [3.05, 3.63) is 59.0 Å². The van der Waals surface area contributed by atoms with E-state index in [1.807, 2.05) is 35.2 Å². The maximum atomic E-state index is 13.5. The molecule has 2 N–H and O–H groups in total. The molecule has 0 spiro atoms. The van der Waals surface area contributed by atoms with Crippen molar-refractivity contribution in [2.24, 2.45) is 11.0 Å². The Labute approximate surface area is 197 Å². The molecule has 0 radical (unpaired) electrons. The molecule has 2 aromatic rings. The summed E-state index contributed by atoms with van der Waals surface area (Å²) < 4.78 is 5.27. The van der Waals surface area contributed by atoms with E-state index in [4.69, 9.17) is 16.0 Å². The molecule has 3 heterocycles. The van der Waals surface area contributed by atoms with Gasteiger partial charge in [-0.15, -0.1) is 0 Å². The van der Waals surface area contributed by atoms with Crippen LogP contribution in [0, 0.1) is 5.92 Å². The Hall–Kier alpha value is -3.00. The lowest BCUT2D eigenvalue weighted by Gasteiger charge is -2.50. The van der Waals surface area contributed by atoms with Crippen LogP contribution in [0.15, 0.2) is 52.2 Å². The van der Waals surface area contributed by atoms with Crippen molar-refractivity contribution in [1.29, 1.82) is 0 Å². The minimum Gasteiger partial charge on any atom is -0.467 e. The number of fused-ring (bicyclic) bond motifs is 3. The number of hydrogen-bond donors (Lipinski definition) is 2. The van der Waals surface area contributed by atoms with E-state index in [0.29, 0.717) is 31.0 Å². The van der Waals surface area contributed by atoms with Gasteiger partial charge in [-0.05, 0) is 36.6 Å². The van der Waals surface area contributed by atoms with E-state index in [1.165, 1.54) is 0 Å². The second-order valence-electron chi connectivity index (χ2n) is 8.81. The monoisotopic (exact) mass is 469 g/mol. The highest BCUT2D eigenvalue weighted by Crippen LogP contribution is 2.38. The van der Waals surface area contributed by atoms with Crippen LogP contribution in [0.5, 0.6) is 0 Å². The third kappa shape index (κ3) is 4.44. The number of hydrazone groups is 1. The molecule has 8 nitrogen and oxygen atoms in total. The molecular formula is C24H28ClN5O3. The summed E-state index contributed by atoms with van der Waals surface area (Å²) in [6.45, 7) is 0.788. The molecule has 2 amide bonds. The van der Waals surface area contributed by atoms with Gasteiger partial charge in [0.25, 0.3) is 0 Å². The second-order valence-corrected chi connectivity index (χ2v) is 9.22. The first-order valence-corrected chi connectivity index (χ1v) is 11.9. The van der Waals surface area contributed by atoms with Crippen molar-refractivity contribution in [2.45, 2.75) is 63.9 Å². The number of amidine groups is 1. The fourth-order valence-corrected chi connectivity index (χ4v) is 5.32. The van der Waals surface area contributed by atoms with Gasteiger partial charge in [-0.2, -0.15) is 5.10 Å². The molecule has 2 aliphatic heterocycles. The maximum Gasteiger partial charge on any atom is 0.231 e. The van der Waals surface area contributed by atoms with Crippen LogP contribution in [0.25, 0.3) is 0 Å². The zero-order valence-corrected chi connectivity index (χ0v) is 19.1. The van der Waals surface area contributed by atoms with Crippen LogP contribution in [-0.2, 0) is 22.7 Å². The average molecular weight is 470 g/mol. The Morgan fingerprint density at radius 3 is 2.88 bits per heavy atom. The number of carbonyl (C=O) groups excluding carboxylic acids is 2. The number of nitrogens with zero attached hydrogens (tertiary/aromatic N) is 3. The largest absolute Gasteiger partial charge is 0.467 e. The fourth-order valence-electron chi connectivity index (χ4n) is 5.12. The van der Waals surface area contributed by atoms with Crippen molar-refractivity contribution in [2.75, 3.05) is 0 Å². The maximum absolute atomic E-state index is 13.5. The van der Waals surface area contributed by atoms with Crippen LogP contribution in [0.2, 0.25) is 5.02 Å². The predicted molar refractivity (Wildman–Crippen MR) is 124 cm³/mol. The van der Waals surface area contributed by atoms with E-state index in [0.717, 1.165) is 42.8 Å². The van der Waals surface area contributed by atoms with Crippen LogP contribution < -0.4 is 10.7 Å². The molecular weight excluding hydrogens is 442 g/mol. The number of benzene rings is 1. The van der Waals surface area contributed by atoms with E-state index in [-0.39, 0.29) is 30.1 Å². The van der Waals surface area contributed by atoms with E-state index in [2.05, 4.69) is 20.7 Å². The van der Waals surface area contributed by atoms with Crippen molar-refractivity contribution < 1.29 is 14.0 Å². The third-order valence-corrected chi connectivity index (χ3v) is 7.14. The second kappa shape index (κ2) is 9.47. The molecule has 1 aromatic heterocycles. The lowest BCUT2D eigenvalue weighted by molar-refractivity contribution is -0.156. The molecule has 1 saturated heterocycles. The van der Waals surface area contributed by atoms with Crippen LogP contribution in [-0.4, -0.2) is 39.8 Å². The number of rotatable bonds is 7. The molecule has 5 rings (SSSR count). The molecule has 33 heavy (non-hydrogen) atoms. The van der Waals surface area contributed by atoms with Gasteiger partial charge in [-0.3, -0.25) is 19.9 Å². The smallest absolute Gasteiger partial charge is 0.231 e. The number of amides is 2. The SMILES string of the molecule is O=C(CCC1=NNC2N(Cc3ccccc3Cl)C(=O)C3CCCCC3N12)NCc1ccco1. The van der Waals surface area contributed by atoms with Gasteiger partial charge >= 0.3 is 0 Å². The van der Waals surface area contributed by atoms with Crippen LogP contribution in [0.3, 0.4) is 0 Å². The molecule has 3 unspecified atom stereocenters. The topological polar surface area (TPSA) is 90.2 Å². The summed E-state index contributed by atoms with van der Waals surface area (Å²) in [5, 5.41) is 8.10. The zero-order chi connectivity index (χ0) is 22.8. The van der Waals surface area contributed by atoms with E-state index in [9.17, 15) is 9.59 Å². The van der Waals surface area contributed by atoms with E-state index >= 15 is 0 Å². The Balaban J connectivity index is 1.29. The molecule has 0 bridgehead atoms. The molecule has 1 aromatic carbocycles. The molecule has 1 saturated carbocycles. The van der Waals surface area contributed by atoms with Gasteiger partial charge in [-0.25, -0.2) is 0 Å². The highest BCUT2D eigenvalue weighted by Gasteiger charge is 2.50. The van der Waals surface area contributed by atoms with E-state index < -0.39 is 0 Å². The molecule has 1 aliphatic carbocycles. The number of carbonyl (C=O) groups is 2. The predicted octanol–water partition coefficient (Wildman–Crippen LogP) is 3.43. The minimum absolute atomic E-state index is 0.0567. The van der Waals surface area contributed by atoms with E-state index in [1.54, 1.807) is 12.3 Å². The molecule has 174 valence electrons. The molecule has 3 aliphatic rings. The lowest BCUT2D eigenvalue weighted by Crippen LogP contribution is -2.67. The van der Waals surface area contributed by atoms with Gasteiger partial charge < -0.3 is 14.6 Å². The summed E-state index contributed by atoms with van der Waals surface area (Å²) in [4.78, 5) is 30.0. The van der Waals surface area contributed by atoms with Crippen molar-refractivity contribution in [1.82, 2.24) is 20.5 Å². The molecule has 9 heteroatoms. The summed E-state index contributed by atoms with van der Waals surface area (Å²) in [7, 11) is 0. The van der Waals surface area contributed by atoms with Crippen molar-refractivity contribution >= 4 is 29.3 Å². The number of nitrogens with one attached hydrogen (secondary N) is 2. The van der Waals surface area contributed by atoms with Crippen LogP contribution in [0.4, 0.5) is 0 Å². The number of halogens is 1. The van der Waals surface area contributed by atoms with Gasteiger partial charge in [-0.1, -0.05) is 42.6 Å². The van der Waals surface area contributed by atoms with Gasteiger partial charge in [0, 0.05) is 23.9 Å². The average Bonchev–Trinajstić information content (AvgIpc) is 3.50. The first kappa shape index (κ1) is 21.8. The van der Waals surface area contributed by atoms with Gasteiger partial charge in [0.05, 0.1) is 25.3 Å². The molecule has 2 fully saturated rings. The first-order valence-electron chi connectivity index (χ1n) is 11.5. The van der Waals surface area contributed by atoms with Crippen LogP contribution >= 0.6 is 11.6 Å². The fraction of sp³-hybridized carbons (Fsp3) is 0.458. The van der Waals surface area contributed by atoms with Crippen molar-refractivity contribution in [3.63, 3.8) is 0 Å². The van der Waals surface area contributed by atoms with Gasteiger partial charge in [0.2, 0.25) is 11.8 Å². The number of furan rings is 1. The standard InChI is InChI=1S/C24H28ClN5O3/c25-19-9-3-1-6-16(19)15-29-23(32)18-8-2-4-10-20(18)30-21(27-28-24(29)30)11-12-22(31)26-14-17-7-5-13-33-17/h1,3,5-7,9,13,18,20,24,28H,2,4,8,10-12,14-15H2,(H,26,31). The molecule has 3 atom stereocenters. The minimum atomic E-state index is -0.352. The summed E-state index contributed by atoms with van der Waals surface area (Å²) in [5.41, 5.74) is 4.08. The first-order chi connectivity index (χ1) is 16.1. The Morgan fingerprint density at radius 1 is 1.21 bits per heavy atom. The van der Waals surface area contributed by atoms with Crippen molar-refractivity contribution in [3.8, 4) is 0 Å². The Bertz CT molecular complexity index is 1040. The lowest BCUT2D eigenvalue weighted by atomic mass is 9.80.